The lowest BCUT2D eigenvalue weighted by atomic mass is 10.1. The molecule has 0 N–H and O–H groups in total. The van der Waals surface area contributed by atoms with E-state index in [1.165, 1.54) is 16.7 Å². The Morgan fingerprint density at radius 1 is 0.931 bits per heavy atom. The summed E-state index contributed by atoms with van der Waals surface area (Å²) in [6, 6.07) is 20.9. The number of non-ortho nitro benzene ring substituents is 1. The fraction of sp³-hybridized carbons (Fsp3) is 0.0435. The van der Waals surface area contributed by atoms with Crippen molar-refractivity contribution in [3.8, 4) is 5.69 Å². The molecule has 0 aliphatic heterocycles. The third kappa shape index (κ3) is 3.55. The second-order valence-electron chi connectivity index (χ2n) is 6.59. The van der Waals surface area contributed by atoms with Gasteiger partial charge in [-0.25, -0.2) is 4.98 Å². The molecule has 0 radical (unpaired) electrons. The molecule has 0 spiro atoms. The van der Waals surface area contributed by atoms with E-state index in [-0.39, 0.29) is 11.2 Å². The van der Waals surface area contributed by atoms with Crippen molar-refractivity contribution in [2.45, 2.75) is 6.92 Å². The van der Waals surface area contributed by atoms with Crippen molar-refractivity contribution in [1.82, 2.24) is 9.55 Å². The minimum absolute atomic E-state index is 0.0347. The molecule has 0 unspecified atom stereocenters. The Bertz CT molecular complexity index is 1310. The number of fused-ring (bicyclic) bond motifs is 1. The Morgan fingerprint density at radius 2 is 1.62 bits per heavy atom. The highest BCUT2D eigenvalue weighted by Crippen LogP contribution is 2.19. The number of para-hydroxylation sites is 1. The van der Waals surface area contributed by atoms with Crippen molar-refractivity contribution in [3.63, 3.8) is 0 Å². The number of rotatable bonds is 4. The number of nitro benzene ring substituents is 1. The van der Waals surface area contributed by atoms with Crippen LogP contribution in [0, 0.1) is 17.0 Å². The number of nitrogens with zero attached hydrogens (tertiary/aromatic N) is 3. The van der Waals surface area contributed by atoms with Crippen LogP contribution in [0.4, 0.5) is 5.69 Å². The Morgan fingerprint density at radius 3 is 2.34 bits per heavy atom. The normalized spacial score (nSPS) is 11.2. The number of aromatic nitrogens is 2. The Balaban J connectivity index is 1.92. The van der Waals surface area contributed by atoms with Crippen LogP contribution in [0.25, 0.3) is 28.7 Å². The van der Waals surface area contributed by atoms with Gasteiger partial charge in [0.15, 0.2) is 0 Å². The molecule has 1 aromatic heterocycles. The zero-order chi connectivity index (χ0) is 20.4. The van der Waals surface area contributed by atoms with Gasteiger partial charge in [0.2, 0.25) is 0 Å². The second-order valence-corrected chi connectivity index (χ2v) is 6.59. The molecular weight excluding hydrogens is 366 g/mol. The SMILES string of the molecule is Cc1ccccc1C=Cc1nc2ccccc2c(=O)n1-c1ccc([N+](=O)[O-])cc1. The third-order valence-corrected chi connectivity index (χ3v) is 4.72. The lowest BCUT2D eigenvalue weighted by Gasteiger charge is -2.11. The highest BCUT2D eigenvalue weighted by atomic mass is 16.6. The molecule has 142 valence electrons. The molecular formula is C23H17N3O3. The van der Waals surface area contributed by atoms with Crippen molar-refractivity contribution in [2.24, 2.45) is 0 Å². The van der Waals surface area contributed by atoms with Crippen molar-refractivity contribution >= 4 is 28.7 Å². The maximum atomic E-state index is 13.2. The molecule has 1 heterocycles. The summed E-state index contributed by atoms with van der Waals surface area (Å²) in [5.41, 5.74) is 2.98. The quantitative estimate of drug-likeness (QED) is 0.375. The van der Waals surface area contributed by atoms with E-state index in [0.29, 0.717) is 22.4 Å². The van der Waals surface area contributed by atoms with Gasteiger partial charge in [-0.1, -0.05) is 42.5 Å². The summed E-state index contributed by atoms with van der Waals surface area (Å²) in [6.07, 6.45) is 3.70. The van der Waals surface area contributed by atoms with Crippen LogP contribution in [-0.4, -0.2) is 14.5 Å². The second kappa shape index (κ2) is 7.52. The molecule has 0 amide bonds. The van der Waals surface area contributed by atoms with E-state index in [1.54, 1.807) is 36.4 Å². The van der Waals surface area contributed by atoms with E-state index in [4.69, 9.17) is 0 Å². The molecule has 0 aliphatic carbocycles. The van der Waals surface area contributed by atoms with Crippen LogP contribution in [0.2, 0.25) is 0 Å². The minimum atomic E-state index is -0.468. The number of hydrogen-bond acceptors (Lipinski definition) is 4. The van der Waals surface area contributed by atoms with Crippen LogP contribution in [0.3, 0.4) is 0 Å². The van der Waals surface area contributed by atoms with Crippen molar-refractivity contribution in [1.29, 1.82) is 0 Å². The first-order valence-corrected chi connectivity index (χ1v) is 9.05. The summed E-state index contributed by atoms with van der Waals surface area (Å²) in [7, 11) is 0. The van der Waals surface area contributed by atoms with E-state index in [1.807, 2.05) is 43.3 Å². The van der Waals surface area contributed by atoms with Gasteiger partial charge < -0.3 is 0 Å². The molecule has 0 atom stereocenters. The van der Waals surface area contributed by atoms with Crippen LogP contribution in [0.15, 0.2) is 77.6 Å². The zero-order valence-corrected chi connectivity index (χ0v) is 15.6. The summed E-state index contributed by atoms with van der Waals surface area (Å²) in [5, 5.41) is 11.4. The Kier molecular flexibility index (Phi) is 4.75. The van der Waals surface area contributed by atoms with Crippen molar-refractivity contribution in [2.75, 3.05) is 0 Å². The summed E-state index contributed by atoms with van der Waals surface area (Å²) in [4.78, 5) is 28.4. The fourth-order valence-electron chi connectivity index (χ4n) is 3.17. The van der Waals surface area contributed by atoms with Gasteiger partial charge in [-0.15, -0.1) is 0 Å². The zero-order valence-electron chi connectivity index (χ0n) is 15.6. The van der Waals surface area contributed by atoms with Crippen LogP contribution < -0.4 is 5.56 Å². The standard InChI is InChI=1S/C23H17N3O3/c1-16-6-2-3-7-17(16)10-15-22-24-21-9-5-4-8-20(21)23(27)25(22)18-11-13-19(14-12-18)26(28)29/h2-15H,1H3. The molecule has 0 fully saturated rings. The monoisotopic (exact) mass is 383 g/mol. The van der Waals surface area contributed by atoms with Gasteiger partial charge in [-0.2, -0.15) is 0 Å². The van der Waals surface area contributed by atoms with E-state index < -0.39 is 4.92 Å². The molecule has 4 rings (SSSR count). The highest BCUT2D eigenvalue weighted by molar-refractivity contribution is 5.80. The molecule has 6 heteroatoms. The predicted octanol–water partition coefficient (Wildman–Crippen LogP) is 4.77. The fourth-order valence-corrected chi connectivity index (χ4v) is 3.17. The molecule has 4 aromatic rings. The van der Waals surface area contributed by atoms with Gasteiger partial charge in [0.05, 0.1) is 21.5 Å². The van der Waals surface area contributed by atoms with Gasteiger partial charge in [-0.3, -0.25) is 19.5 Å². The summed E-state index contributed by atoms with van der Waals surface area (Å²) >= 11 is 0. The molecule has 0 saturated heterocycles. The van der Waals surface area contributed by atoms with Gasteiger partial charge in [-0.05, 0) is 48.4 Å². The lowest BCUT2D eigenvalue weighted by molar-refractivity contribution is -0.384. The summed E-state index contributed by atoms with van der Waals surface area (Å²) in [5.74, 6) is 0.450. The molecule has 0 aliphatic rings. The van der Waals surface area contributed by atoms with Gasteiger partial charge in [0.1, 0.15) is 5.82 Å². The smallest absolute Gasteiger partial charge is 0.268 e. The van der Waals surface area contributed by atoms with Gasteiger partial charge >= 0.3 is 0 Å². The first-order valence-electron chi connectivity index (χ1n) is 9.05. The topological polar surface area (TPSA) is 78.0 Å². The van der Waals surface area contributed by atoms with Crippen LogP contribution in [0.5, 0.6) is 0 Å². The molecule has 0 bridgehead atoms. The maximum Gasteiger partial charge on any atom is 0.269 e. The van der Waals surface area contributed by atoms with Crippen molar-refractivity contribution in [3.05, 3.63) is 110 Å². The molecule has 29 heavy (non-hydrogen) atoms. The van der Waals surface area contributed by atoms with Crippen LogP contribution in [0.1, 0.15) is 17.0 Å². The first kappa shape index (κ1) is 18.3. The van der Waals surface area contributed by atoms with Crippen LogP contribution in [-0.2, 0) is 0 Å². The largest absolute Gasteiger partial charge is 0.269 e. The minimum Gasteiger partial charge on any atom is -0.268 e. The molecule has 6 nitrogen and oxygen atoms in total. The Hall–Kier alpha value is -4.06. The van der Waals surface area contributed by atoms with Gasteiger partial charge in [0, 0.05) is 12.1 Å². The number of nitro groups is 1. The first-order chi connectivity index (χ1) is 14.0. The maximum absolute atomic E-state index is 13.2. The summed E-state index contributed by atoms with van der Waals surface area (Å²) in [6.45, 7) is 2.01. The third-order valence-electron chi connectivity index (χ3n) is 4.72. The highest BCUT2D eigenvalue weighted by Gasteiger charge is 2.12. The Labute approximate surface area is 166 Å². The van der Waals surface area contributed by atoms with E-state index in [2.05, 4.69) is 4.98 Å². The number of aryl methyl sites for hydroxylation is 1. The predicted molar refractivity (Wildman–Crippen MR) is 114 cm³/mol. The van der Waals surface area contributed by atoms with Crippen LogP contribution >= 0.6 is 0 Å². The number of benzene rings is 3. The molecule has 3 aromatic carbocycles. The average molecular weight is 383 g/mol. The molecule has 0 saturated carbocycles. The average Bonchev–Trinajstić information content (AvgIpc) is 2.73. The van der Waals surface area contributed by atoms with Gasteiger partial charge in [0.25, 0.3) is 11.2 Å². The van der Waals surface area contributed by atoms with E-state index in [0.717, 1.165) is 11.1 Å². The van der Waals surface area contributed by atoms with E-state index in [9.17, 15) is 14.9 Å². The summed E-state index contributed by atoms with van der Waals surface area (Å²) < 4.78 is 1.47. The van der Waals surface area contributed by atoms with E-state index >= 15 is 0 Å². The van der Waals surface area contributed by atoms with Crippen molar-refractivity contribution < 1.29 is 4.92 Å². The number of hydrogen-bond donors (Lipinski definition) is 0. The lowest BCUT2D eigenvalue weighted by Crippen LogP contribution is -2.22.